The number of imide groups is 1. The van der Waals surface area contributed by atoms with Crippen molar-refractivity contribution in [2.45, 2.75) is 45.8 Å². The number of fused-ring (bicyclic) bond motifs is 1. The number of allylic oxidation sites excluding steroid dienone is 2. The lowest BCUT2D eigenvalue weighted by Crippen LogP contribution is -2.46. The first-order valence-electron chi connectivity index (χ1n) is 9.85. The fraction of sp³-hybridized carbons (Fsp3) is 0.409. The molecule has 0 radical (unpaired) electrons. The molecule has 8 heteroatoms. The maximum atomic E-state index is 12.6. The number of nitrogens with zero attached hydrogens (tertiary/aromatic N) is 1. The van der Waals surface area contributed by atoms with E-state index in [4.69, 9.17) is 4.74 Å². The Bertz CT molecular complexity index is 911. The molecule has 3 rings (SSSR count). The highest BCUT2D eigenvalue weighted by Gasteiger charge is 2.50. The molecule has 3 amide bonds. The molecular weight excluding hydrogens is 388 g/mol. The van der Waals surface area contributed by atoms with Crippen LogP contribution < -0.4 is 5.32 Å². The average molecular weight is 412 g/mol. The number of ketones is 1. The highest BCUT2D eigenvalue weighted by Crippen LogP contribution is 2.36. The van der Waals surface area contributed by atoms with Crippen LogP contribution in [0, 0.1) is 11.8 Å². The lowest BCUT2D eigenvalue weighted by molar-refractivity contribution is -0.163. The summed E-state index contributed by atoms with van der Waals surface area (Å²) in [5.41, 5.74) is 0.832. The van der Waals surface area contributed by atoms with E-state index >= 15 is 0 Å². The molecule has 1 saturated heterocycles. The topological polar surface area (TPSA) is 110 Å². The van der Waals surface area contributed by atoms with Crippen molar-refractivity contribution in [2.75, 3.05) is 5.32 Å². The highest BCUT2D eigenvalue weighted by atomic mass is 16.5. The minimum absolute atomic E-state index is 0.143. The van der Waals surface area contributed by atoms with Gasteiger partial charge in [-0.15, -0.1) is 0 Å². The molecule has 0 spiro atoms. The largest absolute Gasteiger partial charge is 0.451 e. The van der Waals surface area contributed by atoms with E-state index in [0.717, 1.165) is 4.90 Å². The van der Waals surface area contributed by atoms with Gasteiger partial charge in [-0.25, -0.2) is 4.79 Å². The van der Waals surface area contributed by atoms with Gasteiger partial charge in [0.05, 0.1) is 11.8 Å². The third-order valence-corrected chi connectivity index (χ3v) is 5.47. The minimum atomic E-state index is -1.15. The molecule has 8 nitrogen and oxygen atoms in total. The Morgan fingerprint density at radius 2 is 1.67 bits per heavy atom. The molecule has 1 aromatic rings. The van der Waals surface area contributed by atoms with Crippen molar-refractivity contribution in [1.29, 1.82) is 0 Å². The second-order valence-corrected chi connectivity index (χ2v) is 7.58. The number of carbonyl (C=O) groups is 5. The zero-order valence-electron chi connectivity index (χ0n) is 17.1. The summed E-state index contributed by atoms with van der Waals surface area (Å²) >= 11 is 0. The number of hydrogen-bond donors (Lipinski definition) is 1. The number of nitrogens with one attached hydrogen (secondary N) is 1. The second kappa shape index (κ2) is 8.61. The molecule has 0 unspecified atom stereocenters. The van der Waals surface area contributed by atoms with Gasteiger partial charge in [0, 0.05) is 11.3 Å². The first-order chi connectivity index (χ1) is 14.2. The van der Waals surface area contributed by atoms with E-state index in [1.807, 2.05) is 12.2 Å². The number of benzene rings is 1. The molecule has 1 fully saturated rings. The Labute approximate surface area is 174 Å². The van der Waals surface area contributed by atoms with E-state index < -0.39 is 35.9 Å². The van der Waals surface area contributed by atoms with Gasteiger partial charge in [-0.2, -0.15) is 0 Å². The molecule has 0 aromatic heterocycles. The number of Topliss-reactive ketones (excluding diaryl/α,β-unsaturated/α-hetero) is 1. The zero-order chi connectivity index (χ0) is 22.0. The quantitative estimate of drug-likeness (QED) is 0.332. The summed E-state index contributed by atoms with van der Waals surface area (Å²) in [5, 5.41) is 2.58. The molecule has 0 saturated carbocycles. The first kappa shape index (κ1) is 21.4. The number of rotatable bonds is 6. The van der Waals surface area contributed by atoms with Crippen molar-refractivity contribution in [3.63, 3.8) is 0 Å². The SMILES string of the molecule is CC(=O)c1cccc(NC(=O)[C@@H](C)OC(=O)[C@H](C)N2C(=O)[C@H]3CC=CC[C@H]3C2=O)c1. The molecule has 0 bridgehead atoms. The standard InChI is InChI=1S/C22H24N2O6/c1-12(24-20(27)17-9-4-5-10-18(17)21(24)28)22(29)30-14(3)19(26)23-16-8-6-7-15(11-16)13(2)25/h4-8,11-12,14,17-18H,9-10H2,1-3H3,(H,23,26)/t12-,14+,17-,18+/m0/s1. The smallest absolute Gasteiger partial charge is 0.329 e. The van der Waals surface area contributed by atoms with Crippen molar-refractivity contribution in [2.24, 2.45) is 11.8 Å². The van der Waals surface area contributed by atoms with Gasteiger partial charge < -0.3 is 10.1 Å². The summed E-state index contributed by atoms with van der Waals surface area (Å²) in [4.78, 5) is 62.5. The molecule has 1 heterocycles. The van der Waals surface area contributed by atoms with E-state index in [-0.39, 0.29) is 17.6 Å². The van der Waals surface area contributed by atoms with Crippen LogP contribution in [0.1, 0.15) is 44.0 Å². The Balaban J connectivity index is 1.61. The Kier molecular flexibility index (Phi) is 6.14. The zero-order valence-corrected chi connectivity index (χ0v) is 17.1. The summed E-state index contributed by atoms with van der Waals surface area (Å²) in [6.07, 6.45) is 3.54. The van der Waals surface area contributed by atoms with E-state index in [1.165, 1.54) is 26.8 Å². The molecule has 1 aliphatic heterocycles. The highest BCUT2D eigenvalue weighted by molar-refractivity contribution is 6.08. The van der Waals surface area contributed by atoms with Crippen LogP contribution in [0.25, 0.3) is 0 Å². The van der Waals surface area contributed by atoms with Crippen molar-refractivity contribution >= 4 is 35.2 Å². The molecule has 4 atom stereocenters. The predicted molar refractivity (Wildman–Crippen MR) is 107 cm³/mol. The number of likely N-dealkylation sites (tertiary alicyclic amines) is 1. The lowest BCUT2D eigenvalue weighted by atomic mass is 9.85. The molecule has 2 aliphatic rings. The monoisotopic (exact) mass is 412 g/mol. The molecule has 1 aromatic carbocycles. The summed E-state index contributed by atoms with van der Waals surface area (Å²) in [6.45, 7) is 4.23. The Morgan fingerprint density at radius 1 is 1.07 bits per heavy atom. The van der Waals surface area contributed by atoms with Gasteiger partial charge in [0.15, 0.2) is 11.9 Å². The Morgan fingerprint density at radius 3 is 2.23 bits per heavy atom. The fourth-order valence-electron chi connectivity index (χ4n) is 3.70. The first-order valence-corrected chi connectivity index (χ1v) is 9.85. The molecule has 158 valence electrons. The van der Waals surface area contributed by atoms with E-state index in [1.54, 1.807) is 18.2 Å². The molecule has 30 heavy (non-hydrogen) atoms. The van der Waals surface area contributed by atoms with Gasteiger partial charge in [-0.1, -0.05) is 24.3 Å². The van der Waals surface area contributed by atoms with Crippen LogP contribution in [0.4, 0.5) is 5.69 Å². The van der Waals surface area contributed by atoms with Crippen LogP contribution >= 0.6 is 0 Å². The van der Waals surface area contributed by atoms with Crippen LogP contribution in [-0.4, -0.2) is 46.5 Å². The summed E-state index contributed by atoms with van der Waals surface area (Å²) in [5.74, 6) is -3.19. The van der Waals surface area contributed by atoms with Gasteiger partial charge >= 0.3 is 5.97 Å². The number of carbonyl (C=O) groups excluding carboxylic acids is 5. The van der Waals surface area contributed by atoms with Crippen LogP contribution in [-0.2, 0) is 23.9 Å². The number of hydrogen-bond acceptors (Lipinski definition) is 6. The van der Waals surface area contributed by atoms with Crippen LogP contribution in [0.2, 0.25) is 0 Å². The molecule has 1 N–H and O–H groups in total. The second-order valence-electron chi connectivity index (χ2n) is 7.58. The Hall–Kier alpha value is -3.29. The van der Waals surface area contributed by atoms with Gasteiger partial charge in [0.1, 0.15) is 6.04 Å². The molecule has 1 aliphatic carbocycles. The normalized spacial score (nSPS) is 22.3. The van der Waals surface area contributed by atoms with Crippen LogP contribution in [0.15, 0.2) is 36.4 Å². The van der Waals surface area contributed by atoms with E-state index in [0.29, 0.717) is 24.1 Å². The van der Waals surface area contributed by atoms with Crippen molar-refractivity contribution in [3.8, 4) is 0 Å². The maximum absolute atomic E-state index is 12.6. The maximum Gasteiger partial charge on any atom is 0.329 e. The van der Waals surface area contributed by atoms with Gasteiger partial charge in [-0.05, 0) is 45.7 Å². The average Bonchev–Trinajstić information content (AvgIpc) is 2.98. The molecular formula is C22H24N2O6. The van der Waals surface area contributed by atoms with E-state index in [9.17, 15) is 24.0 Å². The number of amides is 3. The predicted octanol–water partition coefficient (Wildman–Crippen LogP) is 2.10. The van der Waals surface area contributed by atoms with Gasteiger partial charge in [0.2, 0.25) is 11.8 Å². The minimum Gasteiger partial charge on any atom is -0.451 e. The van der Waals surface area contributed by atoms with Crippen LogP contribution in [0.5, 0.6) is 0 Å². The number of anilines is 1. The van der Waals surface area contributed by atoms with E-state index in [2.05, 4.69) is 5.32 Å². The van der Waals surface area contributed by atoms with Gasteiger partial charge in [0.25, 0.3) is 5.91 Å². The van der Waals surface area contributed by atoms with Gasteiger partial charge in [-0.3, -0.25) is 24.1 Å². The van der Waals surface area contributed by atoms with Crippen LogP contribution in [0.3, 0.4) is 0 Å². The summed E-state index contributed by atoms with van der Waals surface area (Å²) in [6, 6.07) is 5.27. The third kappa shape index (κ3) is 4.17. The third-order valence-electron chi connectivity index (χ3n) is 5.47. The van der Waals surface area contributed by atoms with Crippen molar-refractivity contribution in [3.05, 3.63) is 42.0 Å². The number of ether oxygens (including phenoxy) is 1. The fourth-order valence-corrected chi connectivity index (χ4v) is 3.70. The number of esters is 1. The van der Waals surface area contributed by atoms with Crippen molar-refractivity contribution < 1.29 is 28.7 Å². The lowest BCUT2D eigenvalue weighted by Gasteiger charge is -2.23. The summed E-state index contributed by atoms with van der Waals surface area (Å²) < 4.78 is 5.21. The summed E-state index contributed by atoms with van der Waals surface area (Å²) in [7, 11) is 0. The van der Waals surface area contributed by atoms with Crippen molar-refractivity contribution in [1.82, 2.24) is 4.90 Å².